The highest BCUT2D eigenvalue weighted by Gasteiger charge is 2.30. The molecule has 0 saturated heterocycles. The van der Waals surface area contributed by atoms with E-state index in [4.69, 9.17) is 37.0 Å². The van der Waals surface area contributed by atoms with Gasteiger partial charge in [-0.1, -0.05) is 256 Å². The SMILES string of the molecule is CC/C=C\C/C=C\C/C=C\C/C=C\C/C=C\CCCCCC(=O)OCC(COP(=O)(O)OCC(O)COP(=O)(O)OCC(COC(=O)CCC/C=C\C/C=C\C/C=C\C/C=C\C/C=C\CC)OC(=O)CCCCCCC/C=C\C/C=C\CCCCC)OC(=O)CCCCCCC/C=C\CCCC. The normalized spacial score (nSPS) is 14.8. The number of hydrogen-bond acceptors (Lipinski definition) is 15. The quantitative estimate of drug-likeness (QED) is 0.0169. The molecule has 3 N–H and O–H groups in total. The molecule has 0 aliphatic carbocycles. The zero-order valence-electron chi connectivity index (χ0n) is 63.2. The van der Waals surface area contributed by atoms with Crippen LogP contribution in [-0.2, 0) is 65.4 Å². The Hall–Kier alpha value is -5.32. The van der Waals surface area contributed by atoms with E-state index >= 15 is 0 Å². The number of ether oxygens (including phenoxy) is 4. The third-order valence-corrected chi connectivity index (χ3v) is 17.4. The average Bonchev–Trinajstić information content (AvgIpc) is 0.926. The predicted molar refractivity (Wildman–Crippen MR) is 417 cm³/mol. The van der Waals surface area contributed by atoms with Gasteiger partial charge in [-0.05, 0) is 161 Å². The number of esters is 4. The Balaban J connectivity index is 5.43. The van der Waals surface area contributed by atoms with Crippen LogP contribution in [-0.4, -0.2) is 96.7 Å². The van der Waals surface area contributed by atoms with Crippen molar-refractivity contribution in [2.75, 3.05) is 39.6 Å². The molecule has 0 rings (SSSR count). The van der Waals surface area contributed by atoms with E-state index in [-0.39, 0.29) is 25.7 Å². The van der Waals surface area contributed by atoms with Crippen molar-refractivity contribution < 1.29 is 80.2 Å². The van der Waals surface area contributed by atoms with E-state index < -0.39 is 97.5 Å². The summed E-state index contributed by atoms with van der Waals surface area (Å²) in [6, 6.07) is 0. The number of allylic oxidation sites excluding steroid dienone is 26. The summed E-state index contributed by atoms with van der Waals surface area (Å²) >= 11 is 0. The molecule has 0 aromatic heterocycles. The molecule has 102 heavy (non-hydrogen) atoms. The van der Waals surface area contributed by atoms with Gasteiger partial charge in [-0.3, -0.25) is 37.3 Å². The predicted octanol–water partition coefficient (Wildman–Crippen LogP) is 22.4. The molecule has 0 saturated carbocycles. The van der Waals surface area contributed by atoms with Crippen LogP contribution >= 0.6 is 15.6 Å². The lowest BCUT2D eigenvalue weighted by atomic mass is 10.1. The largest absolute Gasteiger partial charge is 0.472 e. The third kappa shape index (κ3) is 73.0. The summed E-state index contributed by atoms with van der Waals surface area (Å²) in [6.45, 7) is 4.43. The average molecular weight is 1470 g/mol. The fourth-order valence-corrected chi connectivity index (χ4v) is 11.2. The minimum absolute atomic E-state index is 0.0612. The van der Waals surface area contributed by atoms with Crippen molar-refractivity contribution in [3.63, 3.8) is 0 Å². The van der Waals surface area contributed by atoms with E-state index in [2.05, 4.69) is 174 Å². The maximum Gasteiger partial charge on any atom is 0.472 e. The van der Waals surface area contributed by atoms with Crippen molar-refractivity contribution in [3.05, 3.63) is 158 Å². The molecule has 0 bridgehead atoms. The Bertz CT molecular complexity index is 2550. The van der Waals surface area contributed by atoms with Gasteiger partial charge in [0, 0.05) is 25.7 Å². The molecule has 0 aromatic carbocycles. The van der Waals surface area contributed by atoms with Crippen LogP contribution < -0.4 is 0 Å². The molecule has 0 radical (unpaired) electrons. The van der Waals surface area contributed by atoms with Crippen molar-refractivity contribution >= 4 is 39.5 Å². The molecular weight excluding hydrogens is 1330 g/mol. The standard InChI is InChI=1S/C83H136O17P2/c1-5-9-13-17-21-25-29-32-35-37-38-40-43-45-49-52-56-60-64-68-80(85)93-73-78(99-82(87)69-65-61-57-53-47-28-24-20-16-12-8-4)75-97-101(89,90)95-71-77(84)72-96-102(91,92)98-76-79(100-83(88)70-66-62-58-54-50-46-41-34-31-27-23-19-15-11-7-3)74-94-81(86)67-63-59-55-51-48-44-42-39-36-33-30-26-22-18-14-10-6-2/h9-10,13-14,20-27,32-36,38,40-42,44-45,49,51,55,77-79,84H,5-8,11-12,15-19,28-31,37,39,43,46-48,50,52-54,56-76H2,1-4H3,(H,89,90)(H,91,92)/b13-9-,14-10-,24-20-,25-21-,26-22-,27-23-,35-32-,36-33-,40-38-,41-34-,44-42-,49-45-,55-51-. The van der Waals surface area contributed by atoms with Gasteiger partial charge in [0.05, 0.1) is 26.4 Å². The van der Waals surface area contributed by atoms with Crippen LogP contribution in [0.1, 0.15) is 285 Å². The second-order valence-electron chi connectivity index (χ2n) is 25.2. The van der Waals surface area contributed by atoms with Crippen LogP contribution in [0, 0.1) is 0 Å². The van der Waals surface area contributed by atoms with Gasteiger partial charge < -0.3 is 33.8 Å². The molecule has 580 valence electrons. The van der Waals surface area contributed by atoms with Gasteiger partial charge in [0.25, 0.3) is 0 Å². The number of rotatable bonds is 71. The molecule has 0 fully saturated rings. The smallest absolute Gasteiger partial charge is 0.462 e. The molecule has 17 nitrogen and oxygen atoms in total. The van der Waals surface area contributed by atoms with Crippen molar-refractivity contribution in [2.45, 2.75) is 303 Å². The zero-order valence-corrected chi connectivity index (χ0v) is 65.0. The van der Waals surface area contributed by atoms with Crippen LogP contribution in [0.25, 0.3) is 0 Å². The minimum atomic E-state index is -5.00. The Kier molecular flexibility index (Phi) is 70.1. The van der Waals surface area contributed by atoms with E-state index in [1.54, 1.807) is 0 Å². The van der Waals surface area contributed by atoms with Crippen molar-refractivity contribution in [1.29, 1.82) is 0 Å². The Morgan fingerprint density at radius 1 is 0.284 bits per heavy atom. The molecule has 0 amide bonds. The van der Waals surface area contributed by atoms with E-state index in [1.807, 2.05) is 12.2 Å². The summed E-state index contributed by atoms with van der Waals surface area (Å²) in [5, 5.41) is 10.6. The summed E-state index contributed by atoms with van der Waals surface area (Å²) in [4.78, 5) is 72.9. The summed E-state index contributed by atoms with van der Waals surface area (Å²) in [5.41, 5.74) is 0. The summed E-state index contributed by atoms with van der Waals surface area (Å²) in [7, 11) is -9.99. The van der Waals surface area contributed by atoms with Crippen LogP contribution in [0.3, 0.4) is 0 Å². The van der Waals surface area contributed by atoms with E-state index in [1.165, 1.54) is 32.1 Å². The first-order valence-corrected chi connectivity index (χ1v) is 41.7. The van der Waals surface area contributed by atoms with Crippen molar-refractivity contribution in [2.24, 2.45) is 0 Å². The first kappa shape index (κ1) is 96.7. The lowest BCUT2D eigenvalue weighted by Crippen LogP contribution is -2.30. The Morgan fingerprint density at radius 2 is 0.529 bits per heavy atom. The second-order valence-corrected chi connectivity index (χ2v) is 28.1. The molecule has 0 aliphatic heterocycles. The second kappa shape index (κ2) is 74.0. The van der Waals surface area contributed by atoms with Crippen LogP contribution in [0.5, 0.6) is 0 Å². The summed E-state index contributed by atoms with van der Waals surface area (Å²) < 4.78 is 68.4. The van der Waals surface area contributed by atoms with Gasteiger partial charge in [0.2, 0.25) is 0 Å². The molecule has 0 spiro atoms. The maximum atomic E-state index is 13.1. The summed E-state index contributed by atoms with van der Waals surface area (Å²) in [6.07, 6.45) is 85.3. The number of aliphatic hydroxyl groups excluding tert-OH is 1. The van der Waals surface area contributed by atoms with Crippen LogP contribution in [0.4, 0.5) is 0 Å². The fraction of sp³-hybridized carbons (Fsp3) is 0.639. The number of phosphoric ester groups is 2. The molecule has 0 heterocycles. The molecule has 0 aromatic rings. The lowest BCUT2D eigenvalue weighted by Gasteiger charge is -2.21. The topological polar surface area (TPSA) is 237 Å². The molecule has 5 atom stereocenters. The van der Waals surface area contributed by atoms with Gasteiger partial charge in [-0.2, -0.15) is 0 Å². The maximum absolute atomic E-state index is 13.1. The number of unbranched alkanes of at least 4 members (excludes halogenated alkanes) is 19. The van der Waals surface area contributed by atoms with Crippen molar-refractivity contribution in [3.8, 4) is 0 Å². The minimum Gasteiger partial charge on any atom is -0.462 e. The van der Waals surface area contributed by atoms with Gasteiger partial charge in [-0.15, -0.1) is 0 Å². The zero-order chi connectivity index (χ0) is 74.6. The number of phosphoric acid groups is 2. The number of carbonyl (C=O) groups is 4. The third-order valence-electron chi connectivity index (χ3n) is 15.5. The van der Waals surface area contributed by atoms with Gasteiger partial charge in [-0.25, -0.2) is 9.13 Å². The highest BCUT2D eigenvalue weighted by molar-refractivity contribution is 7.47. The number of aliphatic hydroxyl groups is 1. The number of hydrogen-bond donors (Lipinski definition) is 3. The fourth-order valence-electron chi connectivity index (χ4n) is 9.59. The molecular formula is C83H136O17P2. The first-order valence-electron chi connectivity index (χ1n) is 38.7. The van der Waals surface area contributed by atoms with Crippen LogP contribution in [0.2, 0.25) is 0 Å². The highest BCUT2D eigenvalue weighted by atomic mass is 31.2. The lowest BCUT2D eigenvalue weighted by molar-refractivity contribution is -0.161. The van der Waals surface area contributed by atoms with Crippen molar-refractivity contribution in [1.82, 2.24) is 0 Å². The van der Waals surface area contributed by atoms with E-state index in [9.17, 15) is 43.2 Å². The van der Waals surface area contributed by atoms with Gasteiger partial charge in [0.1, 0.15) is 19.3 Å². The van der Waals surface area contributed by atoms with Crippen LogP contribution in [0.15, 0.2) is 158 Å². The molecule has 19 heteroatoms. The summed E-state index contributed by atoms with van der Waals surface area (Å²) in [5.74, 6) is -2.32. The Morgan fingerprint density at radius 3 is 0.873 bits per heavy atom. The Labute approximate surface area is 617 Å². The molecule has 5 unspecified atom stereocenters. The first-order chi connectivity index (χ1) is 49.7. The van der Waals surface area contributed by atoms with E-state index in [0.717, 1.165) is 167 Å². The number of carbonyl (C=O) groups excluding carboxylic acids is 4. The van der Waals surface area contributed by atoms with Gasteiger partial charge >= 0.3 is 39.5 Å². The molecule has 0 aliphatic rings. The van der Waals surface area contributed by atoms with Gasteiger partial charge in [0.15, 0.2) is 12.2 Å². The highest BCUT2D eigenvalue weighted by Crippen LogP contribution is 2.45. The monoisotopic (exact) mass is 1470 g/mol. The van der Waals surface area contributed by atoms with E-state index in [0.29, 0.717) is 32.1 Å².